The number of rotatable bonds is 5. The molecule has 0 spiro atoms. The Hall–Kier alpha value is -1.39. The minimum absolute atomic E-state index is 0.0309. The molecule has 1 aliphatic rings. The van der Waals surface area contributed by atoms with E-state index in [1.165, 1.54) is 0 Å². The van der Waals surface area contributed by atoms with Crippen LogP contribution in [-0.2, 0) is 16.0 Å². The molecule has 3 N–H and O–H groups in total. The van der Waals surface area contributed by atoms with Gasteiger partial charge in [-0.05, 0) is 18.4 Å². The summed E-state index contributed by atoms with van der Waals surface area (Å²) >= 11 is 0. The fraction of sp³-hybridized carbons (Fsp3) is 0.562. The van der Waals surface area contributed by atoms with Crippen molar-refractivity contribution in [2.45, 2.75) is 44.9 Å². The van der Waals surface area contributed by atoms with Gasteiger partial charge in [0.25, 0.3) is 0 Å². The molecular formula is C16H24N2O2. The first-order valence-corrected chi connectivity index (χ1v) is 7.08. The molecule has 1 fully saturated rings. The summed E-state index contributed by atoms with van der Waals surface area (Å²) in [5.74, 6) is -0.0820. The molecule has 110 valence electrons. The lowest BCUT2D eigenvalue weighted by Crippen LogP contribution is -2.63. The summed E-state index contributed by atoms with van der Waals surface area (Å²) in [4.78, 5) is 12.2. The largest absolute Gasteiger partial charge is 0.381 e. The van der Waals surface area contributed by atoms with Crippen molar-refractivity contribution < 1.29 is 9.53 Å². The molecule has 0 aliphatic heterocycles. The molecule has 1 saturated carbocycles. The van der Waals surface area contributed by atoms with E-state index in [0.717, 1.165) is 12.0 Å². The fourth-order valence-electron chi connectivity index (χ4n) is 2.77. The van der Waals surface area contributed by atoms with Gasteiger partial charge in [-0.1, -0.05) is 44.2 Å². The van der Waals surface area contributed by atoms with Crippen LogP contribution in [0.3, 0.4) is 0 Å². The zero-order valence-corrected chi connectivity index (χ0v) is 12.4. The third-order valence-electron chi connectivity index (χ3n) is 4.41. The zero-order valence-electron chi connectivity index (χ0n) is 12.4. The molecule has 1 aromatic rings. The van der Waals surface area contributed by atoms with Crippen molar-refractivity contribution in [1.82, 2.24) is 5.32 Å². The number of nitrogens with one attached hydrogen (secondary N) is 1. The van der Waals surface area contributed by atoms with Crippen molar-refractivity contribution in [3.63, 3.8) is 0 Å². The predicted molar refractivity (Wildman–Crippen MR) is 79.2 cm³/mol. The van der Waals surface area contributed by atoms with Gasteiger partial charge in [0.15, 0.2) is 0 Å². The van der Waals surface area contributed by atoms with E-state index in [0.29, 0.717) is 6.42 Å². The van der Waals surface area contributed by atoms with Crippen LogP contribution in [0.2, 0.25) is 0 Å². The first-order valence-electron chi connectivity index (χ1n) is 7.08. The lowest BCUT2D eigenvalue weighted by molar-refractivity contribution is -0.133. The van der Waals surface area contributed by atoms with E-state index >= 15 is 0 Å². The van der Waals surface area contributed by atoms with E-state index in [2.05, 4.69) is 19.2 Å². The number of benzene rings is 1. The Labute approximate surface area is 120 Å². The molecule has 3 atom stereocenters. The lowest BCUT2D eigenvalue weighted by Gasteiger charge is -2.51. The van der Waals surface area contributed by atoms with Gasteiger partial charge < -0.3 is 15.8 Å². The molecule has 4 heteroatoms. The van der Waals surface area contributed by atoms with E-state index in [9.17, 15) is 4.79 Å². The smallest absolute Gasteiger partial charge is 0.237 e. The van der Waals surface area contributed by atoms with E-state index in [4.69, 9.17) is 10.5 Å². The molecule has 20 heavy (non-hydrogen) atoms. The van der Waals surface area contributed by atoms with Gasteiger partial charge in [-0.25, -0.2) is 0 Å². The number of carbonyl (C=O) groups is 1. The Bertz CT molecular complexity index is 459. The Morgan fingerprint density at radius 1 is 1.45 bits per heavy atom. The Morgan fingerprint density at radius 2 is 2.10 bits per heavy atom. The molecule has 2 rings (SSSR count). The van der Waals surface area contributed by atoms with Crippen molar-refractivity contribution in [2.24, 2.45) is 11.1 Å². The van der Waals surface area contributed by atoms with E-state index in [1.54, 1.807) is 7.11 Å². The van der Waals surface area contributed by atoms with E-state index in [-0.39, 0.29) is 23.5 Å². The topological polar surface area (TPSA) is 64.3 Å². The van der Waals surface area contributed by atoms with Crippen LogP contribution in [0.15, 0.2) is 30.3 Å². The lowest BCUT2D eigenvalue weighted by atomic mass is 9.64. The van der Waals surface area contributed by atoms with Crippen molar-refractivity contribution in [2.75, 3.05) is 7.11 Å². The number of hydrogen-bond acceptors (Lipinski definition) is 3. The highest BCUT2D eigenvalue weighted by atomic mass is 16.5. The molecular weight excluding hydrogens is 252 g/mol. The van der Waals surface area contributed by atoms with Gasteiger partial charge in [0.1, 0.15) is 0 Å². The summed E-state index contributed by atoms with van der Waals surface area (Å²) in [6.45, 7) is 4.22. The van der Waals surface area contributed by atoms with Crippen LogP contribution in [0, 0.1) is 5.41 Å². The standard InChI is InChI=1S/C16H24N2O2/c1-16(2)13(10-14(16)20-3)18-15(19)12(17)9-11-7-5-4-6-8-11/h4-8,12-14H,9-10,17H2,1-3H3,(H,18,19). The van der Waals surface area contributed by atoms with Crippen molar-refractivity contribution >= 4 is 5.91 Å². The van der Waals surface area contributed by atoms with Crippen LogP contribution in [-0.4, -0.2) is 31.2 Å². The average molecular weight is 276 g/mol. The molecule has 4 nitrogen and oxygen atoms in total. The predicted octanol–water partition coefficient (Wildman–Crippen LogP) is 1.49. The summed E-state index contributed by atoms with van der Waals surface area (Å²) in [6.07, 6.45) is 1.62. The third-order valence-corrected chi connectivity index (χ3v) is 4.41. The molecule has 1 amide bonds. The Balaban J connectivity index is 1.86. The number of methoxy groups -OCH3 is 1. The van der Waals surface area contributed by atoms with Gasteiger partial charge in [-0.15, -0.1) is 0 Å². The molecule has 0 heterocycles. The molecule has 0 radical (unpaired) electrons. The minimum Gasteiger partial charge on any atom is -0.381 e. The third kappa shape index (κ3) is 3.02. The number of amides is 1. The van der Waals surface area contributed by atoms with Crippen molar-refractivity contribution in [3.05, 3.63) is 35.9 Å². The van der Waals surface area contributed by atoms with Gasteiger partial charge >= 0.3 is 0 Å². The van der Waals surface area contributed by atoms with Crippen LogP contribution in [0.1, 0.15) is 25.8 Å². The maximum Gasteiger partial charge on any atom is 0.237 e. The SMILES string of the molecule is COC1CC(NC(=O)C(N)Cc2ccccc2)C1(C)C. The van der Waals surface area contributed by atoms with Crippen LogP contribution >= 0.6 is 0 Å². The highest BCUT2D eigenvalue weighted by Crippen LogP contribution is 2.42. The second-order valence-corrected chi connectivity index (χ2v) is 6.14. The molecule has 0 saturated heterocycles. The van der Waals surface area contributed by atoms with Gasteiger partial charge in [-0.2, -0.15) is 0 Å². The van der Waals surface area contributed by atoms with Crippen LogP contribution in [0.25, 0.3) is 0 Å². The van der Waals surface area contributed by atoms with Crippen LogP contribution in [0.4, 0.5) is 0 Å². The number of hydrogen-bond donors (Lipinski definition) is 2. The Kier molecular flexibility index (Phi) is 4.45. The fourth-order valence-corrected chi connectivity index (χ4v) is 2.77. The summed E-state index contributed by atoms with van der Waals surface area (Å²) in [6, 6.07) is 9.48. The first-order chi connectivity index (χ1) is 9.45. The first kappa shape index (κ1) is 15.0. The molecule has 1 aliphatic carbocycles. The van der Waals surface area contributed by atoms with Gasteiger partial charge in [-0.3, -0.25) is 4.79 Å². The molecule has 0 aromatic heterocycles. The number of carbonyl (C=O) groups excluding carboxylic acids is 1. The summed E-state index contributed by atoms with van der Waals surface area (Å²) in [5.41, 5.74) is 7.04. The van der Waals surface area contributed by atoms with Gasteiger partial charge in [0, 0.05) is 18.6 Å². The normalized spacial score (nSPS) is 25.6. The van der Waals surface area contributed by atoms with Crippen molar-refractivity contribution in [3.8, 4) is 0 Å². The van der Waals surface area contributed by atoms with Gasteiger partial charge in [0.05, 0.1) is 12.1 Å². The molecule has 0 bridgehead atoms. The highest BCUT2D eigenvalue weighted by Gasteiger charge is 2.49. The molecule has 3 unspecified atom stereocenters. The maximum absolute atomic E-state index is 12.2. The maximum atomic E-state index is 12.2. The zero-order chi connectivity index (χ0) is 14.8. The van der Waals surface area contributed by atoms with E-state index in [1.807, 2.05) is 30.3 Å². The second-order valence-electron chi connectivity index (χ2n) is 6.14. The van der Waals surface area contributed by atoms with Crippen molar-refractivity contribution in [1.29, 1.82) is 0 Å². The van der Waals surface area contributed by atoms with E-state index < -0.39 is 6.04 Å². The molecule has 1 aromatic carbocycles. The van der Waals surface area contributed by atoms with Crippen LogP contribution < -0.4 is 11.1 Å². The number of ether oxygens (including phenoxy) is 1. The minimum atomic E-state index is -0.505. The second kappa shape index (κ2) is 5.94. The summed E-state index contributed by atoms with van der Waals surface area (Å²) in [7, 11) is 1.71. The monoisotopic (exact) mass is 276 g/mol. The summed E-state index contributed by atoms with van der Waals surface area (Å²) in [5, 5.41) is 3.05. The summed E-state index contributed by atoms with van der Waals surface area (Å²) < 4.78 is 5.39. The highest BCUT2D eigenvalue weighted by molar-refractivity contribution is 5.82. The number of nitrogens with two attached hydrogens (primary N) is 1. The average Bonchev–Trinajstić information content (AvgIpc) is 2.43. The van der Waals surface area contributed by atoms with Gasteiger partial charge in [0.2, 0.25) is 5.91 Å². The Morgan fingerprint density at radius 3 is 2.65 bits per heavy atom. The van der Waals surface area contributed by atoms with Crippen LogP contribution in [0.5, 0.6) is 0 Å². The quantitative estimate of drug-likeness (QED) is 0.856.